The molecule has 1 saturated heterocycles. The molecule has 2 aliphatic heterocycles. The first-order chi connectivity index (χ1) is 15.6. The lowest BCUT2D eigenvalue weighted by atomic mass is 9.89. The zero-order chi connectivity index (χ0) is 22.0. The molecule has 1 spiro atoms. The van der Waals surface area contributed by atoms with Gasteiger partial charge in [0.05, 0.1) is 30.9 Å². The number of ether oxygens (including phenoxy) is 2. The normalized spacial score (nSPS) is 17.2. The Morgan fingerprint density at radius 2 is 1.84 bits per heavy atom. The Balaban J connectivity index is 1.17. The fourth-order valence-electron chi connectivity index (χ4n) is 4.33. The van der Waals surface area contributed by atoms with Crippen LogP contribution in [0.5, 0.6) is 5.75 Å². The number of hydrogen-bond acceptors (Lipinski definition) is 5. The second kappa shape index (κ2) is 8.70. The number of aromatic nitrogens is 3. The summed E-state index contributed by atoms with van der Waals surface area (Å²) in [4.78, 5) is 14.5. The molecule has 0 unspecified atom stereocenters. The van der Waals surface area contributed by atoms with Gasteiger partial charge >= 0.3 is 0 Å². The van der Waals surface area contributed by atoms with E-state index in [4.69, 9.17) is 9.47 Å². The summed E-state index contributed by atoms with van der Waals surface area (Å²) in [7, 11) is 0. The molecule has 1 amide bonds. The van der Waals surface area contributed by atoms with E-state index < -0.39 is 0 Å². The number of carbonyl (C=O) groups is 1. The van der Waals surface area contributed by atoms with Gasteiger partial charge in [-0.1, -0.05) is 35.5 Å². The fraction of sp³-hybridized carbons (Fsp3) is 0.375. The van der Waals surface area contributed by atoms with Gasteiger partial charge in [0.15, 0.2) is 0 Å². The SMILES string of the molecule is O=C(Cc1ccc(F)cc1)N1CCC2(CC1)Cn1nnc(COc3ccccc3)c1CO2. The fourth-order valence-corrected chi connectivity index (χ4v) is 4.33. The Bertz CT molecular complexity index is 1080. The third-order valence-electron chi connectivity index (χ3n) is 6.29. The Morgan fingerprint density at radius 1 is 1.09 bits per heavy atom. The predicted octanol–water partition coefficient (Wildman–Crippen LogP) is 3.13. The molecule has 0 atom stereocenters. The number of fused-ring (bicyclic) bond motifs is 1. The number of para-hydroxylation sites is 1. The first kappa shape index (κ1) is 20.6. The molecule has 3 heterocycles. The van der Waals surface area contributed by atoms with Crippen LogP contribution in [-0.2, 0) is 35.7 Å². The highest BCUT2D eigenvalue weighted by molar-refractivity contribution is 5.78. The van der Waals surface area contributed by atoms with Gasteiger partial charge < -0.3 is 14.4 Å². The summed E-state index contributed by atoms with van der Waals surface area (Å²) in [6, 6.07) is 15.7. The molecule has 3 aromatic rings. The van der Waals surface area contributed by atoms with E-state index >= 15 is 0 Å². The van der Waals surface area contributed by atoms with Crippen LogP contribution in [0.4, 0.5) is 4.39 Å². The standard InChI is InChI=1S/C24H25FN4O3/c25-19-8-6-18(7-9-19)14-23(30)28-12-10-24(11-13-28)17-29-22(16-32-24)21(26-27-29)15-31-20-4-2-1-3-5-20/h1-9H,10-17H2. The maximum atomic E-state index is 13.1. The van der Waals surface area contributed by atoms with Gasteiger partial charge in [-0.05, 0) is 42.7 Å². The van der Waals surface area contributed by atoms with Crippen LogP contribution in [0.1, 0.15) is 29.8 Å². The molecule has 8 heteroatoms. The van der Waals surface area contributed by atoms with Crippen molar-refractivity contribution in [2.24, 2.45) is 0 Å². The van der Waals surface area contributed by atoms with Crippen LogP contribution in [0.25, 0.3) is 0 Å². The summed E-state index contributed by atoms with van der Waals surface area (Å²) in [5, 5.41) is 8.63. The van der Waals surface area contributed by atoms with Crippen LogP contribution in [0.3, 0.4) is 0 Å². The lowest BCUT2D eigenvalue weighted by molar-refractivity contribution is -0.145. The number of amides is 1. The summed E-state index contributed by atoms with van der Waals surface area (Å²) in [6.45, 7) is 2.67. The van der Waals surface area contributed by atoms with E-state index in [-0.39, 0.29) is 23.7 Å². The van der Waals surface area contributed by atoms with Crippen LogP contribution in [0, 0.1) is 5.82 Å². The van der Waals surface area contributed by atoms with Crippen molar-refractivity contribution in [2.45, 2.75) is 44.6 Å². The number of benzene rings is 2. The van der Waals surface area contributed by atoms with Gasteiger partial charge in [-0.2, -0.15) is 0 Å². The molecule has 0 N–H and O–H groups in total. The Morgan fingerprint density at radius 3 is 2.59 bits per heavy atom. The predicted molar refractivity (Wildman–Crippen MR) is 114 cm³/mol. The largest absolute Gasteiger partial charge is 0.487 e. The van der Waals surface area contributed by atoms with Gasteiger partial charge in [0.25, 0.3) is 0 Å². The minimum atomic E-state index is -0.328. The van der Waals surface area contributed by atoms with Crippen molar-refractivity contribution in [2.75, 3.05) is 13.1 Å². The van der Waals surface area contributed by atoms with Crippen LogP contribution < -0.4 is 4.74 Å². The van der Waals surface area contributed by atoms with Crippen LogP contribution in [-0.4, -0.2) is 44.5 Å². The van der Waals surface area contributed by atoms with Crippen molar-refractivity contribution in [3.05, 3.63) is 77.4 Å². The third-order valence-corrected chi connectivity index (χ3v) is 6.29. The molecule has 0 radical (unpaired) electrons. The molecule has 1 aromatic heterocycles. The monoisotopic (exact) mass is 436 g/mol. The summed E-state index contributed by atoms with van der Waals surface area (Å²) in [5.74, 6) is 0.557. The minimum absolute atomic E-state index is 0.0593. The van der Waals surface area contributed by atoms with Gasteiger partial charge in [0, 0.05) is 13.1 Å². The van der Waals surface area contributed by atoms with Gasteiger partial charge in [-0.3, -0.25) is 4.79 Å². The Kier molecular flexibility index (Phi) is 5.61. The average Bonchev–Trinajstić information content (AvgIpc) is 3.22. The number of likely N-dealkylation sites (tertiary alicyclic amines) is 1. The van der Waals surface area contributed by atoms with E-state index in [9.17, 15) is 9.18 Å². The summed E-state index contributed by atoms with van der Waals surface area (Å²) >= 11 is 0. The maximum absolute atomic E-state index is 13.1. The molecular weight excluding hydrogens is 411 g/mol. The highest BCUT2D eigenvalue weighted by Gasteiger charge is 2.41. The Labute approximate surface area is 185 Å². The quantitative estimate of drug-likeness (QED) is 0.615. The molecule has 0 saturated carbocycles. The van der Waals surface area contributed by atoms with Crippen LogP contribution in [0.2, 0.25) is 0 Å². The maximum Gasteiger partial charge on any atom is 0.226 e. The van der Waals surface area contributed by atoms with Gasteiger partial charge in [-0.25, -0.2) is 9.07 Å². The number of halogens is 1. The van der Waals surface area contributed by atoms with E-state index in [0.29, 0.717) is 32.8 Å². The topological polar surface area (TPSA) is 69.5 Å². The van der Waals surface area contributed by atoms with Crippen molar-refractivity contribution in [3.63, 3.8) is 0 Å². The number of carbonyl (C=O) groups excluding carboxylic acids is 1. The van der Waals surface area contributed by atoms with Crippen molar-refractivity contribution >= 4 is 5.91 Å². The summed E-state index contributed by atoms with van der Waals surface area (Å²) in [6.07, 6.45) is 1.78. The van der Waals surface area contributed by atoms with E-state index in [1.807, 2.05) is 39.9 Å². The Hall–Kier alpha value is -3.26. The summed E-state index contributed by atoms with van der Waals surface area (Å²) < 4.78 is 27.1. The average molecular weight is 436 g/mol. The highest BCUT2D eigenvalue weighted by Crippen LogP contribution is 2.33. The van der Waals surface area contributed by atoms with Crippen molar-refractivity contribution in [1.29, 1.82) is 0 Å². The lowest BCUT2D eigenvalue weighted by Crippen LogP contribution is -2.52. The van der Waals surface area contributed by atoms with E-state index in [2.05, 4.69) is 10.3 Å². The number of rotatable bonds is 5. The smallest absolute Gasteiger partial charge is 0.226 e. The first-order valence-corrected chi connectivity index (χ1v) is 10.9. The van der Waals surface area contributed by atoms with Crippen LogP contribution >= 0.6 is 0 Å². The van der Waals surface area contributed by atoms with Gasteiger partial charge in [0.1, 0.15) is 23.9 Å². The van der Waals surface area contributed by atoms with Gasteiger partial charge in [0.2, 0.25) is 5.91 Å². The lowest BCUT2D eigenvalue weighted by Gasteiger charge is -2.43. The molecule has 2 aliphatic rings. The van der Waals surface area contributed by atoms with E-state index in [1.165, 1.54) is 12.1 Å². The van der Waals surface area contributed by atoms with Crippen LogP contribution in [0.15, 0.2) is 54.6 Å². The number of hydrogen-bond donors (Lipinski definition) is 0. The molecule has 0 aliphatic carbocycles. The molecular formula is C24H25FN4O3. The summed E-state index contributed by atoms with van der Waals surface area (Å²) in [5.41, 5.74) is 2.23. The minimum Gasteiger partial charge on any atom is -0.487 e. The second-order valence-corrected chi connectivity index (χ2v) is 8.40. The van der Waals surface area contributed by atoms with Crippen molar-refractivity contribution in [1.82, 2.24) is 19.9 Å². The number of nitrogens with zero attached hydrogens (tertiary/aromatic N) is 4. The molecule has 1 fully saturated rings. The molecule has 5 rings (SSSR count). The first-order valence-electron chi connectivity index (χ1n) is 10.9. The second-order valence-electron chi connectivity index (χ2n) is 8.40. The zero-order valence-electron chi connectivity index (χ0n) is 17.7. The molecule has 166 valence electrons. The number of piperidine rings is 1. The van der Waals surface area contributed by atoms with Crippen molar-refractivity contribution < 1.29 is 18.7 Å². The molecule has 7 nitrogen and oxygen atoms in total. The molecule has 0 bridgehead atoms. The third kappa shape index (κ3) is 4.36. The van der Waals surface area contributed by atoms with Gasteiger partial charge in [-0.15, -0.1) is 5.10 Å². The zero-order valence-corrected chi connectivity index (χ0v) is 17.7. The molecule has 32 heavy (non-hydrogen) atoms. The van der Waals surface area contributed by atoms with Crippen molar-refractivity contribution in [3.8, 4) is 5.75 Å². The molecule has 2 aromatic carbocycles. The van der Waals surface area contributed by atoms with E-state index in [0.717, 1.165) is 35.5 Å². The highest BCUT2D eigenvalue weighted by atomic mass is 19.1. The van der Waals surface area contributed by atoms with E-state index in [1.54, 1.807) is 12.1 Å².